The van der Waals surface area contributed by atoms with Crippen molar-refractivity contribution in [1.82, 2.24) is 15.0 Å². The van der Waals surface area contributed by atoms with Crippen molar-refractivity contribution in [2.75, 3.05) is 11.1 Å². The maximum atomic E-state index is 5.64. The van der Waals surface area contributed by atoms with Crippen LogP contribution in [0, 0.1) is 6.92 Å². The molecule has 0 unspecified atom stereocenters. The highest BCUT2D eigenvalue weighted by Crippen LogP contribution is 2.24. The highest BCUT2D eigenvalue weighted by Gasteiger charge is 2.06. The first-order valence-electron chi connectivity index (χ1n) is 4.58. The smallest absolute Gasteiger partial charge is 0.146 e. The van der Waals surface area contributed by atoms with Crippen molar-refractivity contribution >= 4 is 38.9 Å². The number of nitrogens with zero attached hydrogens (tertiary/aromatic N) is 3. The van der Waals surface area contributed by atoms with Crippen molar-refractivity contribution in [3.63, 3.8) is 0 Å². The standard InChI is InChI=1S/C9H10BrN5S/c1-5-2-12-6(16-5)3-13-9-7(10)8(11)14-4-15-9/h2,4H,3H2,1H3,(H3,11,13,14,15). The van der Waals surface area contributed by atoms with Crippen molar-refractivity contribution in [1.29, 1.82) is 0 Å². The van der Waals surface area contributed by atoms with Crippen LogP contribution in [0.3, 0.4) is 0 Å². The monoisotopic (exact) mass is 299 g/mol. The summed E-state index contributed by atoms with van der Waals surface area (Å²) in [5.41, 5.74) is 5.64. The summed E-state index contributed by atoms with van der Waals surface area (Å²) in [5.74, 6) is 1.10. The molecule has 0 aliphatic carbocycles. The van der Waals surface area contributed by atoms with Crippen molar-refractivity contribution < 1.29 is 0 Å². The Hall–Kier alpha value is -1.21. The second-order valence-electron chi connectivity index (χ2n) is 3.14. The number of nitrogens with two attached hydrogens (primary N) is 1. The van der Waals surface area contributed by atoms with Gasteiger partial charge in [0.2, 0.25) is 0 Å². The average Bonchev–Trinajstić information content (AvgIpc) is 2.67. The minimum absolute atomic E-state index is 0.424. The zero-order valence-corrected chi connectivity index (χ0v) is 11.0. The van der Waals surface area contributed by atoms with Crippen LogP contribution in [-0.4, -0.2) is 15.0 Å². The van der Waals surface area contributed by atoms with Gasteiger partial charge in [-0.15, -0.1) is 11.3 Å². The van der Waals surface area contributed by atoms with Crippen molar-refractivity contribution in [3.05, 3.63) is 26.9 Å². The Morgan fingerprint density at radius 2 is 2.25 bits per heavy atom. The quantitative estimate of drug-likeness (QED) is 0.908. The Bertz CT molecular complexity index is 498. The lowest BCUT2D eigenvalue weighted by molar-refractivity contribution is 1.05. The van der Waals surface area contributed by atoms with Gasteiger partial charge in [0, 0.05) is 11.1 Å². The van der Waals surface area contributed by atoms with Gasteiger partial charge in [0.05, 0.1) is 6.54 Å². The van der Waals surface area contributed by atoms with Gasteiger partial charge in [0.1, 0.15) is 27.4 Å². The molecule has 2 aromatic rings. The van der Waals surface area contributed by atoms with Gasteiger partial charge in [-0.3, -0.25) is 0 Å². The van der Waals surface area contributed by atoms with E-state index in [-0.39, 0.29) is 0 Å². The second kappa shape index (κ2) is 4.75. The summed E-state index contributed by atoms with van der Waals surface area (Å²) in [5, 5.41) is 4.17. The number of rotatable bonds is 3. The van der Waals surface area contributed by atoms with Crippen molar-refractivity contribution in [2.24, 2.45) is 0 Å². The SMILES string of the molecule is Cc1cnc(CNc2ncnc(N)c2Br)s1. The maximum Gasteiger partial charge on any atom is 0.146 e. The Morgan fingerprint density at radius 1 is 1.44 bits per heavy atom. The van der Waals surface area contributed by atoms with Gasteiger partial charge >= 0.3 is 0 Å². The molecule has 2 heterocycles. The van der Waals surface area contributed by atoms with Crippen LogP contribution in [-0.2, 0) is 6.54 Å². The second-order valence-corrected chi connectivity index (χ2v) is 5.25. The first kappa shape index (κ1) is 11.3. The Balaban J connectivity index is 2.07. The third-order valence-corrected chi connectivity index (χ3v) is 3.59. The highest BCUT2D eigenvalue weighted by molar-refractivity contribution is 9.10. The first-order chi connectivity index (χ1) is 7.66. The van der Waals surface area contributed by atoms with Gasteiger partial charge in [-0.1, -0.05) is 0 Å². The van der Waals surface area contributed by atoms with E-state index >= 15 is 0 Å². The van der Waals surface area contributed by atoms with E-state index in [9.17, 15) is 0 Å². The molecule has 2 aromatic heterocycles. The predicted octanol–water partition coefficient (Wildman–Crippen LogP) is 2.20. The normalized spacial score (nSPS) is 10.4. The van der Waals surface area contributed by atoms with Crippen LogP contribution in [0.2, 0.25) is 0 Å². The number of halogens is 1. The lowest BCUT2D eigenvalue weighted by Gasteiger charge is -2.06. The van der Waals surface area contributed by atoms with Crippen LogP contribution in [0.15, 0.2) is 17.0 Å². The molecule has 84 valence electrons. The predicted molar refractivity (Wildman–Crippen MR) is 68.3 cm³/mol. The number of nitrogen functional groups attached to an aromatic ring is 1. The minimum Gasteiger partial charge on any atom is -0.383 e. The van der Waals surface area contributed by atoms with Gasteiger partial charge in [0.15, 0.2) is 0 Å². The fourth-order valence-corrected chi connectivity index (χ4v) is 2.22. The van der Waals surface area contributed by atoms with Crippen LogP contribution in [0.1, 0.15) is 9.88 Å². The summed E-state index contributed by atoms with van der Waals surface area (Å²) in [4.78, 5) is 13.4. The lowest BCUT2D eigenvalue weighted by Crippen LogP contribution is -2.04. The molecule has 7 heteroatoms. The number of hydrogen-bond donors (Lipinski definition) is 2. The number of nitrogens with one attached hydrogen (secondary N) is 1. The molecule has 3 N–H and O–H groups in total. The number of hydrogen-bond acceptors (Lipinski definition) is 6. The third-order valence-electron chi connectivity index (χ3n) is 1.89. The molecule has 5 nitrogen and oxygen atoms in total. The van der Waals surface area contributed by atoms with Crippen molar-refractivity contribution in [2.45, 2.75) is 13.5 Å². The first-order valence-corrected chi connectivity index (χ1v) is 6.19. The molecular weight excluding hydrogens is 290 g/mol. The molecule has 0 amide bonds. The third kappa shape index (κ3) is 2.48. The lowest BCUT2D eigenvalue weighted by atomic mass is 10.5. The van der Waals surface area contributed by atoms with E-state index in [1.807, 2.05) is 13.1 Å². The summed E-state index contributed by atoms with van der Waals surface area (Å²) in [6, 6.07) is 0. The number of aromatic nitrogens is 3. The summed E-state index contributed by atoms with van der Waals surface area (Å²) < 4.78 is 0.684. The van der Waals surface area contributed by atoms with Gasteiger partial charge in [-0.05, 0) is 22.9 Å². The van der Waals surface area contributed by atoms with E-state index in [0.717, 1.165) is 5.01 Å². The number of anilines is 2. The molecule has 0 aromatic carbocycles. The van der Waals surface area contributed by atoms with Gasteiger partial charge in [-0.2, -0.15) is 0 Å². The Labute approximate surface area is 105 Å². The Morgan fingerprint density at radius 3 is 2.94 bits per heavy atom. The van der Waals surface area contributed by atoms with Gasteiger partial charge in [0.25, 0.3) is 0 Å². The van der Waals surface area contributed by atoms with Crippen LogP contribution in [0.5, 0.6) is 0 Å². The highest BCUT2D eigenvalue weighted by atomic mass is 79.9. The van der Waals surface area contributed by atoms with E-state index in [0.29, 0.717) is 22.7 Å². The Kier molecular flexibility index (Phi) is 3.35. The summed E-state index contributed by atoms with van der Waals surface area (Å²) in [7, 11) is 0. The molecule has 0 aliphatic heterocycles. The summed E-state index contributed by atoms with van der Waals surface area (Å²) >= 11 is 4.98. The van der Waals surface area contributed by atoms with Crippen molar-refractivity contribution in [3.8, 4) is 0 Å². The van der Waals surface area contributed by atoms with E-state index in [4.69, 9.17) is 5.73 Å². The molecule has 0 saturated heterocycles. The van der Waals surface area contributed by atoms with E-state index in [1.54, 1.807) is 11.3 Å². The molecule has 0 atom stereocenters. The molecule has 0 fully saturated rings. The van der Waals surface area contributed by atoms with Gasteiger partial charge < -0.3 is 11.1 Å². The summed E-state index contributed by atoms with van der Waals surface area (Å²) in [6.45, 7) is 2.66. The maximum absolute atomic E-state index is 5.64. The minimum atomic E-state index is 0.424. The van der Waals surface area contributed by atoms with Crippen LogP contribution in [0.4, 0.5) is 11.6 Å². The van der Waals surface area contributed by atoms with Crippen LogP contribution >= 0.6 is 27.3 Å². The molecule has 16 heavy (non-hydrogen) atoms. The van der Waals surface area contributed by atoms with E-state index in [2.05, 4.69) is 36.2 Å². The molecular formula is C9H10BrN5S. The molecule has 2 rings (SSSR count). The molecule has 0 radical (unpaired) electrons. The average molecular weight is 300 g/mol. The fraction of sp³-hybridized carbons (Fsp3) is 0.222. The van der Waals surface area contributed by atoms with Crippen LogP contribution in [0.25, 0.3) is 0 Å². The molecule has 0 spiro atoms. The molecule has 0 bridgehead atoms. The van der Waals surface area contributed by atoms with Gasteiger partial charge in [-0.25, -0.2) is 15.0 Å². The zero-order chi connectivity index (χ0) is 11.5. The van der Waals surface area contributed by atoms with E-state index in [1.165, 1.54) is 11.2 Å². The van der Waals surface area contributed by atoms with E-state index < -0.39 is 0 Å². The van der Waals surface area contributed by atoms with Crippen LogP contribution < -0.4 is 11.1 Å². The molecule has 0 saturated carbocycles. The molecule has 0 aliphatic rings. The number of aryl methyl sites for hydroxylation is 1. The number of thiazole rings is 1. The zero-order valence-electron chi connectivity index (χ0n) is 8.57. The topological polar surface area (TPSA) is 76.7 Å². The summed E-state index contributed by atoms with van der Waals surface area (Å²) in [6.07, 6.45) is 3.28. The fourth-order valence-electron chi connectivity index (χ4n) is 1.15. The largest absolute Gasteiger partial charge is 0.383 e.